The van der Waals surface area contributed by atoms with Crippen molar-refractivity contribution in [2.75, 3.05) is 0 Å². The quantitative estimate of drug-likeness (QED) is 0.154. The molecular weight excluding hydrogens is 494 g/mol. The molecule has 38 heavy (non-hydrogen) atoms. The summed E-state index contributed by atoms with van der Waals surface area (Å²) in [5.41, 5.74) is 11.9. The van der Waals surface area contributed by atoms with Crippen molar-refractivity contribution in [2.24, 2.45) is 23.3 Å². The molecule has 1 aromatic carbocycles. The van der Waals surface area contributed by atoms with Gasteiger partial charge >= 0.3 is 5.97 Å². The van der Waals surface area contributed by atoms with Crippen LogP contribution in [0.5, 0.6) is 5.75 Å². The molecule has 4 amide bonds. The Balaban J connectivity index is 2.99. The van der Waals surface area contributed by atoms with E-state index >= 15 is 0 Å². The Morgan fingerprint density at radius 1 is 0.895 bits per heavy atom. The SMILES string of the molecule is CCC(C)C(NC(=O)C(CC(C)C)NC(=O)C(N)Cc1ccc(O)cc1)C(=O)NC(CCC(N)=O)C(=O)O. The van der Waals surface area contributed by atoms with Gasteiger partial charge in [-0.3, -0.25) is 19.2 Å². The molecule has 0 saturated heterocycles. The Morgan fingerprint density at radius 2 is 1.47 bits per heavy atom. The van der Waals surface area contributed by atoms with E-state index in [1.807, 2.05) is 20.8 Å². The third kappa shape index (κ3) is 11.2. The van der Waals surface area contributed by atoms with Crippen molar-refractivity contribution in [1.29, 1.82) is 0 Å². The summed E-state index contributed by atoms with van der Waals surface area (Å²) in [7, 11) is 0. The van der Waals surface area contributed by atoms with Crippen molar-refractivity contribution in [1.82, 2.24) is 16.0 Å². The maximum absolute atomic E-state index is 13.3. The average Bonchev–Trinajstić information content (AvgIpc) is 2.84. The normalized spacial score (nSPS) is 15.0. The number of aliphatic carboxylic acids is 1. The van der Waals surface area contributed by atoms with Crippen molar-refractivity contribution < 1.29 is 34.2 Å². The molecule has 12 heteroatoms. The van der Waals surface area contributed by atoms with E-state index in [4.69, 9.17) is 11.5 Å². The molecule has 0 bridgehead atoms. The number of hydrogen-bond donors (Lipinski definition) is 7. The summed E-state index contributed by atoms with van der Waals surface area (Å²) in [4.78, 5) is 61.7. The van der Waals surface area contributed by atoms with E-state index in [2.05, 4.69) is 16.0 Å². The molecule has 9 N–H and O–H groups in total. The number of benzene rings is 1. The van der Waals surface area contributed by atoms with Gasteiger partial charge in [-0.05, 0) is 48.8 Å². The van der Waals surface area contributed by atoms with Crippen LogP contribution in [-0.4, -0.2) is 64.0 Å². The van der Waals surface area contributed by atoms with Crippen LogP contribution in [0, 0.1) is 11.8 Å². The van der Waals surface area contributed by atoms with Gasteiger partial charge < -0.3 is 37.6 Å². The van der Waals surface area contributed by atoms with Crippen molar-refractivity contribution in [3.8, 4) is 5.75 Å². The number of rotatable bonds is 16. The summed E-state index contributed by atoms with van der Waals surface area (Å²) in [5, 5.41) is 26.6. The minimum absolute atomic E-state index is 0.0143. The zero-order valence-corrected chi connectivity index (χ0v) is 22.4. The summed E-state index contributed by atoms with van der Waals surface area (Å²) >= 11 is 0. The lowest BCUT2D eigenvalue weighted by atomic mass is 9.96. The fourth-order valence-electron chi connectivity index (χ4n) is 3.72. The Labute approximate surface area is 222 Å². The highest BCUT2D eigenvalue weighted by molar-refractivity contribution is 5.94. The first-order chi connectivity index (χ1) is 17.7. The second kappa shape index (κ2) is 15.6. The Kier molecular flexibility index (Phi) is 13.2. The molecule has 0 spiro atoms. The molecule has 0 radical (unpaired) electrons. The molecule has 5 unspecified atom stereocenters. The number of carbonyl (C=O) groups excluding carboxylic acids is 4. The van der Waals surface area contributed by atoms with Gasteiger partial charge in [0, 0.05) is 6.42 Å². The fraction of sp³-hybridized carbons (Fsp3) is 0.577. The van der Waals surface area contributed by atoms with Crippen molar-refractivity contribution in [3.63, 3.8) is 0 Å². The van der Waals surface area contributed by atoms with Crippen molar-refractivity contribution in [3.05, 3.63) is 29.8 Å². The number of hydrogen-bond acceptors (Lipinski definition) is 7. The van der Waals surface area contributed by atoms with Gasteiger partial charge in [-0.25, -0.2) is 4.79 Å². The first-order valence-electron chi connectivity index (χ1n) is 12.7. The Hall–Kier alpha value is -3.67. The molecule has 0 aliphatic heterocycles. The van der Waals surface area contributed by atoms with Crippen molar-refractivity contribution >= 4 is 29.6 Å². The number of phenols is 1. The highest BCUT2D eigenvalue weighted by Gasteiger charge is 2.33. The summed E-state index contributed by atoms with van der Waals surface area (Å²) in [5.74, 6) is -4.17. The lowest BCUT2D eigenvalue weighted by Crippen LogP contribution is -2.59. The fourth-order valence-corrected chi connectivity index (χ4v) is 3.72. The zero-order valence-electron chi connectivity index (χ0n) is 22.4. The molecule has 0 heterocycles. The minimum atomic E-state index is -1.36. The minimum Gasteiger partial charge on any atom is -0.508 e. The number of aromatic hydroxyl groups is 1. The highest BCUT2D eigenvalue weighted by Crippen LogP contribution is 2.13. The third-order valence-electron chi connectivity index (χ3n) is 6.16. The van der Waals surface area contributed by atoms with Crippen LogP contribution >= 0.6 is 0 Å². The molecular formula is C26H41N5O7. The first kappa shape index (κ1) is 32.4. The van der Waals surface area contributed by atoms with E-state index in [1.54, 1.807) is 19.1 Å². The van der Waals surface area contributed by atoms with Gasteiger partial charge in [0.2, 0.25) is 23.6 Å². The van der Waals surface area contributed by atoms with Gasteiger partial charge in [0.15, 0.2) is 0 Å². The molecule has 12 nitrogen and oxygen atoms in total. The summed E-state index contributed by atoms with van der Waals surface area (Å²) in [6.07, 6.45) is 0.528. The van der Waals surface area contributed by atoms with Gasteiger partial charge in [-0.1, -0.05) is 46.2 Å². The number of nitrogens with two attached hydrogens (primary N) is 2. The van der Waals surface area contributed by atoms with E-state index in [1.165, 1.54) is 12.1 Å². The number of nitrogens with one attached hydrogen (secondary N) is 3. The smallest absolute Gasteiger partial charge is 0.326 e. The predicted octanol–water partition coefficient (Wildman–Crippen LogP) is 0.159. The second-order valence-electron chi connectivity index (χ2n) is 9.94. The maximum Gasteiger partial charge on any atom is 0.326 e. The Bertz CT molecular complexity index is 967. The maximum atomic E-state index is 13.3. The van der Waals surface area contributed by atoms with Crippen LogP contribution in [0.4, 0.5) is 0 Å². The van der Waals surface area contributed by atoms with Crippen LogP contribution in [0.3, 0.4) is 0 Å². The van der Waals surface area contributed by atoms with Crippen LogP contribution in [0.2, 0.25) is 0 Å². The molecule has 0 aliphatic rings. The molecule has 212 valence electrons. The Morgan fingerprint density at radius 3 is 1.97 bits per heavy atom. The number of primary amides is 1. The standard InChI is InChI=1S/C26H41N5O7/c1-5-15(4)22(25(36)29-19(26(37)38)10-11-21(28)33)31-24(35)20(12-14(2)3)30-23(34)18(27)13-16-6-8-17(32)9-7-16/h6-9,14-15,18-20,22,32H,5,10-13,27H2,1-4H3,(H2,28,33)(H,29,36)(H,30,34)(H,31,35)(H,37,38). The van der Waals surface area contributed by atoms with Gasteiger partial charge in [0.05, 0.1) is 6.04 Å². The second-order valence-corrected chi connectivity index (χ2v) is 9.94. The zero-order chi connectivity index (χ0) is 29.0. The van der Waals surface area contributed by atoms with Crippen LogP contribution in [0.1, 0.15) is 58.9 Å². The van der Waals surface area contributed by atoms with Crippen molar-refractivity contribution in [2.45, 2.75) is 84.0 Å². The van der Waals surface area contributed by atoms with Crippen LogP contribution in [0.25, 0.3) is 0 Å². The predicted molar refractivity (Wildman–Crippen MR) is 141 cm³/mol. The molecule has 1 rings (SSSR count). The van der Waals surface area contributed by atoms with E-state index < -0.39 is 53.8 Å². The topological polar surface area (TPSA) is 214 Å². The summed E-state index contributed by atoms with van der Waals surface area (Å²) in [6.45, 7) is 7.29. The monoisotopic (exact) mass is 535 g/mol. The lowest BCUT2D eigenvalue weighted by Gasteiger charge is -2.28. The van der Waals surface area contributed by atoms with Gasteiger partial charge in [-0.15, -0.1) is 0 Å². The van der Waals surface area contributed by atoms with Gasteiger partial charge in [0.25, 0.3) is 0 Å². The first-order valence-corrected chi connectivity index (χ1v) is 12.7. The van der Waals surface area contributed by atoms with Gasteiger partial charge in [-0.2, -0.15) is 0 Å². The highest BCUT2D eigenvalue weighted by atomic mass is 16.4. The average molecular weight is 536 g/mol. The molecule has 5 atom stereocenters. The van der Waals surface area contributed by atoms with Crippen LogP contribution < -0.4 is 27.4 Å². The molecule has 0 aromatic heterocycles. The number of carboxylic acids is 1. The molecule has 0 fully saturated rings. The molecule has 1 aromatic rings. The molecule has 0 aliphatic carbocycles. The number of phenolic OH excluding ortho intramolecular Hbond substituents is 1. The van der Waals surface area contributed by atoms with E-state index in [0.717, 1.165) is 5.56 Å². The van der Waals surface area contributed by atoms with E-state index in [0.29, 0.717) is 6.42 Å². The molecule has 0 saturated carbocycles. The van der Waals surface area contributed by atoms with E-state index in [-0.39, 0.29) is 43.3 Å². The largest absolute Gasteiger partial charge is 0.508 e. The third-order valence-corrected chi connectivity index (χ3v) is 6.16. The lowest BCUT2D eigenvalue weighted by molar-refractivity contribution is -0.143. The summed E-state index contributed by atoms with van der Waals surface area (Å²) in [6, 6.07) is 1.86. The van der Waals surface area contributed by atoms with Crippen LogP contribution in [-0.2, 0) is 30.4 Å². The van der Waals surface area contributed by atoms with Gasteiger partial charge in [0.1, 0.15) is 23.9 Å². The number of carbonyl (C=O) groups is 5. The van der Waals surface area contributed by atoms with Crippen LogP contribution in [0.15, 0.2) is 24.3 Å². The number of amides is 4. The summed E-state index contributed by atoms with van der Waals surface area (Å²) < 4.78 is 0. The number of carboxylic acid groups (broad SMARTS) is 1. The van der Waals surface area contributed by atoms with E-state index in [9.17, 15) is 34.2 Å².